The number of para-hydroxylation sites is 1. The quantitative estimate of drug-likeness (QED) is 0.354. The first-order valence-electron chi connectivity index (χ1n) is 10.8. The molecule has 4 aromatic rings. The molecule has 0 fully saturated rings. The number of aliphatic hydroxyl groups is 2. The number of nitrogens with one attached hydrogen (secondary N) is 1. The lowest BCUT2D eigenvalue weighted by Gasteiger charge is -2.19. The normalized spacial score (nSPS) is 13.0. The number of hydrogen-bond donors (Lipinski definition) is 3. The Morgan fingerprint density at radius 3 is 2.39 bits per heavy atom. The SMILES string of the molecule is CC(C)(O)CNC(=O)[C@H](O)c1ccc(-c2noc(-c3cnn(-c4ccccc4)c3C(F)(F)F)n2)cc1. The first-order valence-corrected chi connectivity index (χ1v) is 10.8. The van der Waals surface area contributed by atoms with E-state index < -0.39 is 29.5 Å². The van der Waals surface area contributed by atoms with Crippen LogP contribution in [-0.2, 0) is 11.0 Å². The van der Waals surface area contributed by atoms with Crippen molar-refractivity contribution in [1.29, 1.82) is 0 Å². The van der Waals surface area contributed by atoms with E-state index in [0.29, 0.717) is 5.56 Å². The number of carbonyl (C=O) groups is 1. The Morgan fingerprint density at radius 1 is 1.11 bits per heavy atom. The highest BCUT2D eigenvalue weighted by Crippen LogP contribution is 2.38. The van der Waals surface area contributed by atoms with Crippen LogP contribution < -0.4 is 5.32 Å². The number of benzene rings is 2. The molecular weight excluding hydrogens is 479 g/mol. The maximum absolute atomic E-state index is 13.9. The summed E-state index contributed by atoms with van der Waals surface area (Å²) < 4.78 is 47.7. The number of halogens is 3. The Balaban J connectivity index is 1.58. The van der Waals surface area contributed by atoms with Crippen molar-refractivity contribution >= 4 is 5.91 Å². The van der Waals surface area contributed by atoms with E-state index in [4.69, 9.17) is 4.52 Å². The number of rotatable bonds is 7. The van der Waals surface area contributed by atoms with Crippen molar-refractivity contribution in [3.05, 3.63) is 72.1 Å². The lowest BCUT2D eigenvalue weighted by molar-refractivity contribution is -0.142. The molecule has 0 aliphatic heterocycles. The maximum atomic E-state index is 13.9. The largest absolute Gasteiger partial charge is 0.434 e. The van der Waals surface area contributed by atoms with Gasteiger partial charge in [0.15, 0.2) is 11.8 Å². The molecule has 0 radical (unpaired) electrons. The van der Waals surface area contributed by atoms with Gasteiger partial charge < -0.3 is 20.1 Å². The van der Waals surface area contributed by atoms with E-state index in [0.717, 1.165) is 10.9 Å². The smallest absolute Gasteiger partial charge is 0.389 e. The zero-order valence-electron chi connectivity index (χ0n) is 19.2. The van der Waals surface area contributed by atoms with Gasteiger partial charge in [0, 0.05) is 12.1 Å². The third-order valence-corrected chi connectivity index (χ3v) is 5.12. The molecule has 12 heteroatoms. The summed E-state index contributed by atoms with van der Waals surface area (Å²) in [5, 5.41) is 30.0. The van der Waals surface area contributed by atoms with Gasteiger partial charge in [-0.3, -0.25) is 4.79 Å². The van der Waals surface area contributed by atoms with Crippen molar-refractivity contribution in [2.24, 2.45) is 0 Å². The van der Waals surface area contributed by atoms with Gasteiger partial charge in [-0.15, -0.1) is 0 Å². The summed E-state index contributed by atoms with van der Waals surface area (Å²) in [7, 11) is 0. The number of carbonyl (C=O) groups excluding carboxylic acids is 1. The Hall–Kier alpha value is -4.03. The molecule has 188 valence electrons. The molecule has 1 amide bonds. The van der Waals surface area contributed by atoms with Crippen LogP contribution in [0.15, 0.2) is 65.3 Å². The summed E-state index contributed by atoms with van der Waals surface area (Å²) in [4.78, 5) is 16.2. The number of amides is 1. The fraction of sp³-hybridized carbons (Fsp3) is 0.250. The average Bonchev–Trinajstić information content (AvgIpc) is 3.50. The van der Waals surface area contributed by atoms with E-state index in [-0.39, 0.29) is 35.1 Å². The molecule has 2 heterocycles. The molecule has 3 N–H and O–H groups in total. The molecule has 0 unspecified atom stereocenters. The van der Waals surface area contributed by atoms with E-state index in [1.165, 1.54) is 50.2 Å². The van der Waals surface area contributed by atoms with Gasteiger partial charge in [0.05, 0.1) is 23.0 Å². The van der Waals surface area contributed by atoms with Crippen LogP contribution in [-0.4, -0.2) is 48.2 Å². The second-order valence-electron chi connectivity index (χ2n) is 8.63. The van der Waals surface area contributed by atoms with Crippen LogP contribution in [0.4, 0.5) is 13.2 Å². The fourth-order valence-electron chi connectivity index (χ4n) is 3.36. The molecule has 9 nitrogen and oxygen atoms in total. The first-order chi connectivity index (χ1) is 16.9. The van der Waals surface area contributed by atoms with Crippen molar-refractivity contribution < 1.29 is 32.7 Å². The number of aromatic nitrogens is 4. The van der Waals surface area contributed by atoms with Crippen LogP contribution >= 0.6 is 0 Å². The Kier molecular flexibility index (Phi) is 6.65. The van der Waals surface area contributed by atoms with E-state index in [2.05, 4.69) is 20.6 Å². The molecule has 0 spiro atoms. The van der Waals surface area contributed by atoms with E-state index in [1.807, 2.05) is 0 Å². The lowest BCUT2D eigenvalue weighted by atomic mass is 10.1. The van der Waals surface area contributed by atoms with Gasteiger partial charge in [-0.2, -0.15) is 23.3 Å². The van der Waals surface area contributed by atoms with E-state index >= 15 is 0 Å². The third kappa shape index (κ3) is 5.44. The van der Waals surface area contributed by atoms with Gasteiger partial charge in [0.25, 0.3) is 11.8 Å². The third-order valence-electron chi connectivity index (χ3n) is 5.12. The van der Waals surface area contributed by atoms with Gasteiger partial charge in [-0.25, -0.2) is 4.68 Å². The molecule has 4 rings (SSSR count). The highest BCUT2D eigenvalue weighted by molar-refractivity contribution is 5.82. The summed E-state index contributed by atoms with van der Waals surface area (Å²) in [5.41, 5.74) is -1.70. The van der Waals surface area contributed by atoms with Crippen LogP contribution in [0.1, 0.15) is 31.2 Å². The average molecular weight is 501 g/mol. The molecule has 2 aromatic heterocycles. The van der Waals surface area contributed by atoms with Gasteiger partial charge in [-0.1, -0.05) is 47.6 Å². The topological polar surface area (TPSA) is 126 Å². The molecule has 0 saturated carbocycles. The van der Waals surface area contributed by atoms with Gasteiger partial charge >= 0.3 is 6.18 Å². The molecule has 0 aliphatic rings. The monoisotopic (exact) mass is 501 g/mol. The molecular formula is C24H22F3N5O4. The van der Waals surface area contributed by atoms with Gasteiger partial charge in [0.2, 0.25) is 5.82 Å². The van der Waals surface area contributed by atoms with Crippen molar-refractivity contribution in [3.63, 3.8) is 0 Å². The predicted octanol–water partition coefficient (Wildman–Crippen LogP) is 3.53. The standard InChI is InChI=1S/C24H22F3N5O4/c1-23(2,35)13-28-21(34)18(33)14-8-10-15(11-9-14)20-30-22(36-31-20)17-12-29-32(19(17)24(25,26)27)16-6-4-3-5-7-16/h3-12,18,33,35H,13H2,1-2H3,(H,28,34)/t18-/m1/s1. The summed E-state index contributed by atoms with van der Waals surface area (Å²) in [5.74, 6) is -1.05. The minimum absolute atomic E-state index is 0.0121. The van der Waals surface area contributed by atoms with Crippen molar-refractivity contribution in [2.45, 2.75) is 31.7 Å². The highest BCUT2D eigenvalue weighted by atomic mass is 19.4. The zero-order valence-corrected chi connectivity index (χ0v) is 19.2. The van der Waals surface area contributed by atoms with Crippen LogP contribution in [0.5, 0.6) is 0 Å². The van der Waals surface area contributed by atoms with E-state index in [9.17, 15) is 28.2 Å². The molecule has 0 aliphatic carbocycles. The van der Waals surface area contributed by atoms with Crippen LogP contribution in [0.2, 0.25) is 0 Å². The number of alkyl halides is 3. The second kappa shape index (κ2) is 9.55. The fourth-order valence-corrected chi connectivity index (χ4v) is 3.36. The second-order valence-corrected chi connectivity index (χ2v) is 8.63. The maximum Gasteiger partial charge on any atom is 0.434 e. The Morgan fingerprint density at radius 2 is 1.78 bits per heavy atom. The van der Waals surface area contributed by atoms with Crippen LogP contribution in [0, 0.1) is 0 Å². The zero-order chi connectivity index (χ0) is 26.1. The van der Waals surface area contributed by atoms with Crippen LogP contribution in [0.25, 0.3) is 28.5 Å². The Labute approximate surface area is 203 Å². The molecule has 2 aromatic carbocycles. The predicted molar refractivity (Wildman–Crippen MR) is 122 cm³/mol. The molecule has 0 bridgehead atoms. The summed E-state index contributed by atoms with van der Waals surface area (Å²) in [6.45, 7) is 2.98. The summed E-state index contributed by atoms with van der Waals surface area (Å²) >= 11 is 0. The highest BCUT2D eigenvalue weighted by Gasteiger charge is 2.40. The molecule has 0 saturated heterocycles. The minimum atomic E-state index is -4.75. The van der Waals surface area contributed by atoms with E-state index in [1.54, 1.807) is 18.2 Å². The summed E-state index contributed by atoms with van der Waals surface area (Å²) in [6, 6.07) is 13.8. The van der Waals surface area contributed by atoms with Crippen molar-refractivity contribution in [2.75, 3.05) is 6.54 Å². The number of nitrogens with zero attached hydrogens (tertiary/aromatic N) is 4. The molecule has 1 atom stereocenters. The lowest BCUT2D eigenvalue weighted by Crippen LogP contribution is -2.40. The van der Waals surface area contributed by atoms with Crippen molar-refractivity contribution in [3.8, 4) is 28.5 Å². The Bertz CT molecular complexity index is 1340. The van der Waals surface area contributed by atoms with Crippen LogP contribution in [0.3, 0.4) is 0 Å². The number of aliphatic hydroxyl groups excluding tert-OH is 1. The van der Waals surface area contributed by atoms with Crippen molar-refractivity contribution in [1.82, 2.24) is 25.2 Å². The molecule has 36 heavy (non-hydrogen) atoms. The van der Waals surface area contributed by atoms with Gasteiger partial charge in [-0.05, 0) is 31.5 Å². The number of hydrogen-bond acceptors (Lipinski definition) is 7. The van der Waals surface area contributed by atoms with Gasteiger partial charge in [0.1, 0.15) is 0 Å². The minimum Gasteiger partial charge on any atom is -0.389 e. The first kappa shape index (κ1) is 25.1. The summed E-state index contributed by atoms with van der Waals surface area (Å²) in [6.07, 6.45) is -5.22.